The van der Waals surface area contributed by atoms with E-state index in [-0.39, 0.29) is 42.5 Å². The Morgan fingerprint density at radius 3 is 1.97 bits per heavy atom. The molecule has 0 heterocycles. The highest BCUT2D eigenvalue weighted by molar-refractivity contribution is 7.87. The highest BCUT2D eigenvalue weighted by Gasteiger charge is 2.52. The molecule has 5 nitrogen and oxygen atoms in total. The molecule has 152 valence electrons. The first kappa shape index (κ1) is 22.0. The summed E-state index contributed by atoms with van der Waals surface area (Å²) in [5.74, 6) is -0.796. The molecular formula is C19H12Cl4O5S. The van der Waals surface area contributed by atoms with Crippen LogP contribution in [0.3, 0.4) is 0 Å². The molecule has 29 heavy (non-hydrogen) atoms. The van der Waals surface area contributed by atoms with Gasteiger partial charge in [0.05, 0.1) is 15.1 Å². The smallest absolute Gasteiger partial charge is 0.283 e. The summed E-state index contributed by atoms with van der Waals surface area (Å²) in [5.41, 5.74) is -0.719. The van der Waals surface area contributed by atoms with Crippen LogP contribution in [-0.2, 0) is 14.9 Å². The molecule has 1 unspecified atom stereocenters. The Bertz CT molecular complexity index is 1210. The van der Waals surface area contributed by atoms with Crippen molar-refractivity contribution in [1.29, 1.82) is 0 Å². The first-order valence-corrected chi connectivity index (χ1v) is 10.9. The largest absolute Gasteiger partial charge is 0.508 e. The van der Waals surface area contributed by atoms with Gasteiger partial charge >= 0.3 is 0 Å². The van der Waals surface area contributed by atoms with E-state index in [1.807, 2.05) is 0 Å². The zero-order valence-electron chi connectivity index (χ0n) is 14.3. The Labute approximate surface area is 186 Å². The lowest BCUT2D eigenvalue weighted by molar-refractivity contribution is 0.439. The van der Waals surface area contributed by atoms with E-state index < -0.39 is 20.6 Å². The quantitative estimate of drug-likeness (QED) is 0.239. The highest BCUT2D eigenvalue weighted by Crippen LogP contribution is 2.53. The number of hydrogen-bond acceptors (Lipinski definition) is 4. The molecule has 0 aromatic heterocycles. The maximum atomic E-state index is 13.0. The summed E-state index contributed by atoms with van der Waals surface area (Å²) >= 11 is 24.8. The molecule has 0 amide bonds. The van der Waals surface area contributed by atoms with Gasteiger partial charge in [-0.15, -0.1) is 0 Å². The molecule has 3 N–H and O–H groups in total. The lowest BCUT2D eigenvalue weighted by Crippen LogP contribution is -2.39. The normalized spacial score (nSPS) is 13.8. The molecule has 0 fully saturated rings. The van der Waals surface area contributed by atoms with Gasteiger partial charge in [0.25, 0.3) is 10.1 Å². The molecule has 3 rings (SSSR count). The average Bonchev–Trinajstić information content (AvgIpc) is 2.65. The molecule has 0 bridgehead atoms. The van der Waals surface area contributed by atoms with Gasteiger partial charge in [-0.3, -0.25) is 4.55 Å². The van der Waals surface area contributed by atoms with Crippen molar-refractivity contribution in [3.05, 3.63) is 91.4 Å². The van der Waals surface area contributed by atoms with Crippen LogP contribution in [0, 0.1) is 0 Å². The molecule has 1 atom stereocenters. The molecule has 0 aliphatic heterocycles. The van der Waals surface area contributed by atoms with Crippen molar-refractivity contribution in [1.82, 2.24) is 0 Å². The van der Waals surface area contributed by atoms with Crippen molar-refractivity contribution in [3.63, 3.8) is 0 Å². The van der Waals surface area contributed by atoms with E-state index >= 15 is 0 Å². The van der Waals surface area contributed by atoms with Crippen molar-refractivity contribution in [2.24, 2.45) is 0 Å². The summed E-state index contributed by atoms with van der Waals surface area (Å²) in [5, 5.41) is 20.0. The fourth-order valence-electron chi connectivity index (χ4n) is 3.20. The SMILES string of the molecule is O=S(=O)(O)C(c1ccccc1O)(c1cc(O)ccc1Cl)c1ccc(Cl)c(Cl)c1Cl. The maximum Gasteiger partial charge on any atom is 0.283 e. The van der Waals surface area contributed by atoms with Crippen molar-refractivity contribution in [2.45, 2.75) is 4.75 Å². The van der Waals surface area contributed by atoms with Gasteiger partial charge in [-0.25, -0.2) is 0 Å². The van der Waals surface area contributed by atoms with Crippen LogP contribution in [0.1, 0.15) is 16.7 Å². The van der Waals surface area contributed by atoms with Crippen LogP contribution >= 0.6 is 46.4 Å². The van der Waals surface area contributed by atoms with Gasteiger partial charge in [-0.2, -0.15) is 8.42 Å². The zero-order valence-corrected chi connectivity index (χ0v) is 18.1. The minimum Gasteiger partial charge on any atom is -0.508 e. The summed E-state index contributed by atoms with van der Waals surface area (Å²) in [6, 6.07) is 11.5. The second-order valence-electron chi connectivity index (χ2n) is 6.06. The third-order valence-corrected chi connectivity index (χ3v) is 7.47. The van der Waals surface area contributed by atoms with Gasteiger partial charge in [0.2, 0.25) is 0 Å². The van der Waals surface area contributed by atoms with Crippen LogP contribution in [0.4, 0.5) is 0 Å². The minimum absolute atomic E-state index is 0.0453. The first-order valence-electron chi connectivity index (χ1n) is 7.90. The van der Waals surface area contributed by atoms with Gasteiger partial charge in [-0.1, -0.05) is 70.7 Å². The number of rotatable bonds is 4. The van der Waals surface area contributed by atoms with Gasteiger partial charge in [0.1, 0.15) is 11.5 Å². The standard InChI is InChI=1S/C19H12Cl4O5S/c20-14-7-5-10(24)9-13(14)19(29(26,27)28,11-3-1-2-4-16(11)25)12-6-8-15(21)18(23)17(12)22/h1-9,24-25H,(H,26,27,28). The minimum atomic E-state index is -5.14. The van der Waals surface area contributed by atoms with Crippen LogP contribution in [0.2, 0.25) is 20.1 Å². The second kappa shape index (κ2) is 7.87. The molecule has 0 saturated carbocycles. The molecule has 0 spiro atoms. The van der Waals surface area contributed by atoms with Crippen molar-refractivity contribution < 1.29 is 23.2 Å². The van der Waals surface area contributed by atoms with Crippen LogP contribution in [0.25, 0.3) is 0 Å². The van der Waals surface area contributed by atoms with E-state index in [0.29, 0.717) is 0 Å². The lowest BCUT2D eigenvalue weighted by Gasteiger charge is -2.34. The summed E-state index contributed by atoms with van der Waals surface area (Å²) in [6.07, 6.45) is 0. The van der Waals surface area contributed by atoms with Crippen LogP contribution < -0.4 is 0 Å². The van der Waals surface area contributed by atoms with Crippen molar-refractivity contribution in [3.8, 4) is 11.5 Å². The number of halogens is 4. The molecule has 3 aromatic rings. The monoisotopic (exact) mass is 492 g/mol. The number of aromatic hydroxyl groups is 2. The Morgan fingerprint density at radius 1 is 0.724 bits per heavy atom. The molecule has 0 aliphatic rings. The Kier molecular flexibility index (Phi) is 5.98. The first-order chi connectivity index (χ1) is 13.5. The number of hydrogen-bond donors (Lipinski definition) is 3. The van der Waals surface area contributed by atoms with E-state index in [2.05, 4.69) is 0 Å². The summed E-state index contributed by atoms with van der Waals surface area (Å²) in [4.78, 5) is 0. The van der Waals surface area contributed by atoms with E-state index in [9.17, 15) is 23.2 Å². The highest BCUT2D eigenvalue weighted by atomic mass is 35.5. The predicted octanol–water partition coefficient (Wildman–Crippen LogP) is 5.89. The number of phenols is 2. The van der Waals surface area contributed by atoms with Crippen molar-refractivity contribution >= 4 is 56.5 Å². The number of phenolic OH excluding ortho intramolecular Hbond substituents is 2. The maximum absolute atomic E-state index is 13.0. The van der Waals surface area contributed by atoms with E-state index in [1.54, 1.807) is 0 Å². The third-order valence-electron chi connectivity index (χ3n) is 4.41. The summed E-state index contributed by atoms with van der Waals surface area (Å²) < 4.78 is 33.9. The second-order valence-corrected chi connectivity index (χ2v) is 9.19. The predicted molar refractivity (Wildman–Crippen MR) is 114 cm³/mol. The van der Waals surface area contributed by atoms with Crippen molar-refractivity contribution in [2.75, 3.05) is 0 Å². The Morgan fingerprint density at radius 2 is 1.34 bits per heavy atom. The molecule has 3 aromatic carbocycles. The fourth-order valence-corrected chi connectivity index (χ4v) is 5.60. The Hall–Kier alpha value is -1.67. The van der Waals surface area contributed by atoms with E-state index in [1.165, 1.54) is 48.5 Å². The summed E-state index contributed by atoms with van der Waals surface area (Å²) in [7, 11) is -5.14. The fraction of sp³-hybridized carbons (Fsp3) is 0.0526. The van der Waals surface area contributed by atoms with Gasteiger partial charge < -0.3 is 10.2 Å². The zero-order chi connectivity index (χ0) is 21.6. The molecular weight excluding hydrogens is 482 g/mol. The van der Waals surface area contributed by atoms with Gasteiger partial charge in [-0.05, 0) is 30.3 Å². The van der Waals surface area contributed by atoms with Gasteiger partial charge in [0, 0.05) is 21.7 Å². The summed E-state index contributed by atoms with van der Waals surface area (Å²) in [6.45, 7) is 0. The van der Waals surface area contributed by atoms with E-state index in [4.69, 9.17) is 46.4 Å². The third kappa shape index (κ3) is 3.54. The van der Waals surface area contributed by atoms with E-state index in [0.717, 1.165) is 6.07 Å². The van der Waals surface area contributed by atoms with Crippen LogP contribution in [-0.4, -0.2) is 23.2 Å². The van der Waals surface area contributed by atoms with Crippen LogP contribution in [0.15, 0.2) is 54.6 Å². The molecule has 0 radical (unpaired) electrons. The lowest BCUT2D eigenvalue weighted by atomic mass is 9.83. The number of benzene rings is 3. The van der Waals surface area contributed by atoms with Crippen LogP contribution in [0.5, 0.6) is 11.5 Å². The molecule has 0 aliphatic carbocycles. The average molecular weight is 494 g/mol. The van der Waals surface area contributed by atoms with Gasteiger partial charge in [0.15, 0.2) is 4.75 Å². The number of para-hydroxylation sites is 1. The Balaban J connectivity index is 2.66. The molecule has 0 saturated heterocycles. The topological polar surface area (TPSA) is 94.8 Å². The molecule has 10 heteroatoms.